The molecule has 6 heteroatoms. The SMILES string of the molecule is CC(=O)Nc1cc(C(=O)NCC(C)Sc2ccccc2)ccc1F. The third-order valence-electron chi connectivity index (χ3n) is 3.17. The van der Waals surface area contributed by atoms with Crippen molar-refractivity contribution in [3.8, 4) is 0 Å². The second-order valence-corrected chi connectivity index (χ2v) is 6.84. The summed E-state index contributed by atoms with van der Waals surface area (Å²) < 4.78 is 13.6. The molecule has 0 spiro atoms. The molecule has 24 heavy (non-hydrogen) atoms. The number of halogens is 1. The van der Waals surface area contributed by atoms with Crippen LogP contribution in [0.25, 0.3) is 0 Å². The molecule has 0 fully saturated rings. The highest BCUT2D eigenvalue weighted by atomic mass is 32.2. The number of thioether (sulfide) groups is 1. The molecule has 1 atom stereocenters. The van der Waals surface area contributed by atoms with E-state index >= 15 is 0 Å². The lowest BCUT2D eigenvalue weighted by Crippen LogP contribution is -2.29. The summed E-state index contributed by atoms with van der Waals surface area (Å²) in [6.45, 7) is 3.78. The van der Waals surface area contributed by atoms with Gasteiger partial charge in [0.1, 0.15) is 5.82 Å². The van der Waals surface area contributed by atoms with Crippen LogP contribution in [0.1, 0.15) is 24.2 Å². The largest absolute Gasteiger partial charge is 0.351 e. The Morgan fingerprint density at radius 3 is 2.54 bits per heavy atom. The first-order valence-electron chi connectivity index (χ1n) is 7.52. The van der Waals surface area contributed by atoms with E-state index < -0.39 is 5.82 Å². The zero-order chi connectivity index (χ0) is 17.5. The summed E-state index contributed by atoms with van der Waals surface area (Å²) in [6, 6.07) is 13.8. The van der Waals surface area contributed by atoms with Crippen LogP contribution in [-0.4, -0.2) is 23.6 Å². The van der Waals surface area contributed by atoms with Crippen LogP contribution in [0.3, 0.4) is 0 Å². The van der Waals surface area contributed by atoms with Crippen LogP contribution in [0.5, 0.6) is 0 Å². The lowest BCUT2D eigenvalue weighted by molar-refractivity contribution is -0.114. The molecule has 2 rings (SSSR count). The number of nitrogens with one attached hydrogen (secondary N) is 2. The van der Waals surface area contributed by atoms with Gasteiger partial charge in [-0.25, -0.2) is 4.39 Å². The monoisotopic (exact) mass is 346 g/mol. The van der Waals surface area contributed by atoms with E-state index in [2.05, 4.69) is 10.6 Å². The topological polar surface area (TPSA) is 58.2 Å². The smallest absolute Gasteiger partial charge is 0.251 e. The summed E-state index contributed by atoms with van der Waals surface area (Å²) in [6.07, 6.45) is 0. The van der Waals surface area contributed by atoms with Crippen LogP contribution in [0, 0.1) is 5.82 Å². The molecule has 2 aromatic rings. The van der Waals surface area contributed by atoms with Gasteiger partial charge >= 0.3 is 0 Å². The Labute approximate surface area is 144 Å². The number of anilines is 1. The number of carbonyl (C=O) groups is 2. The molecule has 0 bridgehead atoms. The molecule has 0 saturated heterocycles. The van der Waals surface area contributed by atoms with Gasteiger partial charge in [0.2, 0.25) is 5.91 Å². The van der Waals surface area contributed by atoms with Crippen LogP contribution in [-0.2, 0) is 4.79 Å². The molecule has 1 unspecified atom stereocenters. The molecule has 2 aromatic carbocycles. The Bertz CT molecular complexity index is 722. The first-order chi connectivity index (χ1) is 11.5. The minimum absolute atomic E-state index is 0.00172. The molecular weight excluding hydrogens is 327 g/mol. The van der Waals surface area contributed by atoms with Gasteiger partial charge in [-0.2, -0.15) is 0 Å². The fourth-order valence-corrected chi connectivity index (χ4v) is 3.01. The van der Waals surface area contributed by atoms with E-state index in [0.29, 0.717) is 12.1 Å². The van der Waals surface area contributed by atoms with Crippen LogP contribution in [0.2, 0.25) is 0 Å². The summed E-state index contributed by atoms with van der Waals surface area (Å²) in [5, 5.41) is 5.38. The van der Waals surface area contributed by atoms with Crippen molar-refractivity contribution in [2.24, 2.45) is 0 Å². The Balaban J connectivity index is 1.93. The Kier molecular flexibility index (Phi) is 6.37. The second-order valence-electron chi connectivity index (χ2n) is 5.33. The Morgan fingerprint density at radius 1 is 1.17 bits per heavy atom. The van der Waals surface area contributed by atoms with Crippen molar-refractivity contribution in [3.63, 3.8) is 0 Å². The molecule has 0 aliphatic carbocycles. The van der Waals surface area contributed by atoms with E-state index in [1.165, 1.54) is 25.1 Å². The fraction of sp³-hybridized carbons (Fsp3) is 0.222. The molecule has 0 aliphatic rings. The van der Waals surface area contributed by atoms with Gasteiger partial charge in [-0.05, 0) is 30.3 Å². The van der Waals surface area contributed by atoms with Gasteiger partial charge in [0, 0.05) is 29.2 Å². The Hall–Kier alpha value is -2.34. The highest BCUT2D eigenvalue weighted by Gasteiger charge is 2.12. The van der Waals surface area contributed by atoms with E-state index in [-0.39, 0.29) is 22.8 Å². The number of carbonyl (C=O) groups excluding carboxylic acids is 2. The summed E-state index contributed by atoms with van der Waals surface area (Å²) in [4.78, 5) is 24.4. The molecule has 0 radical (unpaired) electrons. The average molecular weight is 346 g/mol. The van der Waals surface area contributed by atoms with Gasteiger partial charge in [0.15, 0.2) is 0 Å². The third kappa shape index (κ3) is 5.38. The number of benzene rings is 2. The average Bonchev–Trinajstić information content (AvgIpc) is 2.55. The van der Waals surface area contributed by atoms with Gasteiger partial charge in [0.25, 0.3) is 5.91 Å². The van der Waals surface area contributed by atoms with Crippen molar-refractivity contribution in [2.45, 2.75) is 24.0 Å². The number of amides is 2. The molecule has 0 saturated carbocycles. The number of rotatable bonds is 6. The van der Waals surface area contributed by atoms with Crippen molar-refractivity contribution in [3.05, 3.63) is 59.9 Å². The van der Waals surface area contributed by atoms with Crippen LogP contribution in [0.15, 0.2) is 53.4 Å². The zero-order valence-electron chi connectivity index (χ0n) is 13.5. The van der Waals surface area contributed by atoms with E-state index in [1.807, 2.05) is 37.3 Å². The summed E-state index contributed by atoms with van der Waals surface area (Å²) >= 11 is 1.66. The Morgan fingerprint density at radius 2 is 1.88 bits per heavy atom. The van der Waals surface area contributed by atoms with E-state index in [0.717, 1.165) is 4.90 Å². The van der Waals surface area contributed by atoms with Crippen molar-refractivity contribution < 1.29 is 14.0 Å². The minimum atomic E-state index is -0.574. The molecule has 2 N–H and O–H groups in total. The van der Waals surface area contributed by atoms with Crippen LogP contribution < -0.4 is 10.6 Å². The van der Waals surface area contributed by atoms with Crippen molar-refractivity contribution in [1.29, 1.82) is 0 Å². The zero-order valence-corrected chi connectivity index (χ0v) is 14.3. The quantitative estimate of drug-likeness (QED) is 0.784. The number of hydrogen-bond acceptors (Lipinski definition) is 3. The van der Waals surface area contributed by atoms with E-state index in [9.17, 15) is 14.0 Å². The van der Waals surface area contributed by atoms with E-state index in [4.69, 9.17) is 0 Å². The molecule has 0 aromatic heterocycles. The van der Waals surface area contributed by atoms with Gasteiger partial charge in [0.05, 0.1) is 5.69 Å². The minimum Gasteiger partial charge on any atom is -0.351 e. The van der Waals surface area contributed by atoms with Gasteiger partial charge in [-0.1, -0.05) is 25.1 Å². The second kappa shape index (κ2) is 8.49. The summed E-state index contributed by atoms with van der Waals surface area (Å²) in [5.74, 6) is -1.27. The summed E-state index contributed by atoms with van der Waals surface area (Å²) in [7, 11) is 0. The maximum Gasteiger partial charge on any atom is 0.251 e. The van der Waals surface area contributed by atoms with Crippen molar-refractivity contribution >= 4 is 29.3 Å². The third-order valence-corrected chi connectivity index (χ3v) is 4.28. The lowest BCUT2D eigenvalue weighted by atomic mass is 10.1. The molecule has 2 amide bonds. The molecule has 4 nitrogen and oxygen atoms in total. The first-order valence-corrected chi connectivity index (χ1v) is 8.40. The van der Waals surface area contributed by atoms with Gasteiger partial charge in [-0.3, -0.25) is 9.59 Å². The van der Waals surface area contributed by atoms with E-state index in [1.54, 1.807) is 11.8 Å². The first kappa shape index (κ1) is 18.0. The predicted molar refractivity (Wildman–Crippen MR) is 94.8 cm³/mol. The van der Waals surface area contributed by atoms with Gasteiger partial charge in [-0.15, -0.1) is 11.8 Å². The van der Waals surface area contributed by atoms with Crippen LogP contribution in [0.4, 0.5) is 10.1 Å². The normalized spacial score (nSPS) is 11.6. The standard InChI is InChI=1S/C18H19FN2O2S/c1-12(24-15-6-4-3-5-7-15)11-20-18(23)14-8-9-16(19)17(10-14)21-13(2)22/h3-10,12H,11H2,1-2H3,(H,20,23)(H,21,22). The predicted octanol–water partition coefficient (Wildman–Crippen LogP) is 3.69. The number of hydrogen-bond donors (Lipinski definition) is 2. The van der Waals surface area contributed by atoms with Crippen molar-refractivity contribution in [2.75, 3.05) is 11.9 Å². The van der Waals surface area contributed by atoms with Crippen molar-refractivity contribution in [1.82, 2.24) is 5.32 Å². The van der Waals surface area contributed by atoms with Crippen LogP contribution >= 0.6 is 11.8 Å². The van der Waals surface area contributed by atoms with Gasteiger partial charge < -0.3 is 10.6 Å². The summed E-state index contributed by atoms with van der Waals surface area (Å²) in [5.41, 5.74) is 0.305. The maximum absolute atomic E-state index is 13.6. The molecule has 126 valence electrons. The maximum atomic E-state index is 13.6. The highest BCUT2D eigenvalue weighted by molar-refractivity contribution is 8.00. The highest BCUT2D eigenvalue weighted by Crippen LogP contribution is 2.22. The molecule has 0 aliphatic heterocycles. The lowest BCUT2D eigenvalue weighted by Gasteiger charge is -2.13. The molecular formula is C18H19FN2O2S. The molecule has 0 heterocycles. The fourth-order valence-electron chi connectivity index (χ4n) is 2.06.